The molecule has 2 aliphatic heterocycles. The van der Waals surface area contributed by atoms with Crippen molar-refractivity contribution in [1.29, 1.82) is 0 Å². The highest BCUT2D eigenvalue weighted by Gasteiger charge is 2.51. The molecule has 7 heteroatoms. The number of carbonyl (C=O) groups excluding carboxylic acids is 2. The van der Waals surface area contributed by atoms with Crippen LogP contribution in [0.15, 0.2) is 30.3 Å². The number of amides is 2. The van der Waals surface area contributed by atoms with Crippen molar-refractivity contribution < 1.29 is 9.59 Å². The lowest BCUT2D eigenvalue weighted by Gasteiger charge is -2.43. The highest BCUT2D eigenvalue weighted by molar-refractivity contribution is 8.01. The van der Waals surface area contributed by atoms with E-state index in [1.807, 2.05) is 36.9 Å². The maximum absolute atomic E-state index is 12.6. The number of hydrogen-bond donors (Lipinski definition) is 3. The van der Waals surface area contributed by atoms with Crippen LogP contribution in [0.4, 0.5) is 0 Å². The van der Waals surface area contributed by atoms with Gasteiger partial charge in [-0.2, -0.15) is 0 Å². The van der Waals surface area contributed by atoms with E-state index in [0.29, 0.717) is 13.1 Å². The van der Waals surface area contributed by atoms with E-state index in [1.54, 1.807) is 11.8 Å². The molecule has 28 heavy (non-hydrogen) atoms. The summed E-state index contributed by atoms with van der Waals surface area (Å²) in [6.45, 7) is 6.07. The molecule has 0 saturated carbocycles. The lowest BCUT2D eigenvalue weighted by atomic mass is 9.75. The van der Waals surface area contributed by atoms with Crippen LogP contribution in [0.5, 0.6) is 0 Å². The first-order chi connectivity index (χ1) is 13.4. The minimum absolute atomic E-state index is 0.0188. The lowest BCUT2D eigenvalue weighted by molar-refractivity contribution is -0.135. The summed E-state index contributed by atoms with van der Waals surface area (Å²) in [4.78, 5) is 26.3. The quantitative estimate of drug-likeness (QED) is 0.667. The molecule has 2 amide bonds. The standard InChI is InChI=1S/C21H32N4O2S/c1-14(2)18(22)19(26)25-11-8-16(9-12-25)17(15-6-4-3-5-7-15)21(20(23)27)24-10-13-28-21/h3-7,14,16-18,24H,8-13,22H2,1-2H3,(H2,23,27)/t17?,18-,21?/m0/s1. The summed E-state index contributed by atoms with van der Waals surface area (Å²) in [5.41, 5.74) is 13.1. The molecule has 2 saturated heterocycles. The Hall–Kier alpha value is -1.57. The van der Waals surface area contributed by atoms with Crippen molar-refractivity contribution in [3.05, 3.63) is 35.9 Å². The van der Waals surface area contributed by atoms with Crippen LogP contribution in [0.25, 0.3) is 0 Å². The fourth-order valence-corrected chi connectivity index (χ4v) is 5.84. The van der Waals surface area contributed by atoms with Crippen molar-refractivity contribution in [3.8, 4) is 0 Å². The third-order valence-electron chi connectivity index (χ3n) is 6.11. The molecule has 0 aromatic heterocycles. The molecule has 0 bridgehead atoms. The van der Waals surface area contributed by atoms with Crippen LogP contribution in [0.1, 0.15) is 38.2 Å². The molecule has 154 valence electrons. The van der Waals surface area contributed by atoms with Gasteiger partial charge in [-0.3, -0.25) is 14.9 Å². The van der Waals surface area contributed by atoms with Gasteiger partial charge in [0.1, 0.15) is 0 Å². The molecule has 1 aromatic rings. The highest BCUT2D eigenvalue weighted by atomic mass is 32.2. The zero-order valence-electron chi connectivity index (χ0n) is 16.8. The predicted octanol–water partition coefficient (Wildman–Crippen LogP) is 1.51. The number of piperidine rings is 1. The van der Waals surface area contributed by atoms with Gasteiger partial charge in [0.2, 0.25) is 11.8 Å². The molecule has 2 aliphatic rings. The number of nitrogens with two attached hydrogens (primary N) is 2. The number of likely N-dealkylation sites (tertiary alicyclic amines) is 1. The van der Waals surface area contributed by atoms with Gasteiger partial charge in [0.25, 0.3) is 0 Å². The van der Waals surface area contributed by atoms with Crippen LogP contribution in [0.3, 0.4) is 0 Å². The second-order valence-electron chi connectivity index (χ2n) is 8.20. The number of carbonyl (C=O) groups is 2. The first-order valence-electron chi connectivity index (χ1n) is 10.1. The molecule has 2 fully saturated rings. The Morgan fingerprint density at radius 3 is 2.36 bits per heavy atom. The van der Waals surface area contributed by atoms with Gasteiger partial charge < -0.3 is 16.4 Å². The minimum atomic E-state index is -0.785. The maximum atomic E-state index is 12.6. The summed E-state index contributed by atoms with van der Waals surface area (Å²) in [6.07, 6.45) is 1.68. The van der Waals surface area contributed by atoms with E-state index in [9.17, 15) is 9.59 Å². The SMILES string of the molecule is CC(C)[C@H](N)C(=O)N1CCC(C(c2ccccc2)C2(C(N)=O)NCCS2)CC1. The number of hydrogen-bond acceptors (Lipinski definition) is 5. The van der Waals surface area contributed by atoms with E-state index in [0.717, 1.165) is 30.7 Å². The Balaban J connectivity index is 1.82. The summed E-state index contributed by atoms with van der Waals surface area (Å²) < 4.78 is 0. The average molecular weight is 405 g/mol. The number of nitrogens with one attached hydrogen (secondary N) is 1. The van der Waals surface area contributed by atoms with Crippen LogP contribution in [-0.2, 0) is 9.59 Å². The van der Waals surface area contributed by atoms with Crippen molar-refractivity contribution in [2.45, 2.75) is 43.5 Å². The molecule has 0 spiro atoms. The monoisotopic (exact) mass is 404 g/mol. The summed E-state index contributed by atoms with van der Waals surface area (Å²) >= 11 is 1.62. The van der Waals surface area contributed by atoms with E-state index in [2.05, 4.69) is 17.4 Å². The van der Waals surface area contributed by atoms with E-state index < -0.39 is 10.9 Å². The topological polar surface area (TPSA) is 101 Å². The van der Waals surface area contributed by atoms with Crippen LogP contribution in [0.2, 0.25) is 0 Å². The smallest absolute Gasteiger partial charge is 0.248 e. The molecule has 0 aliphatic carbocycles. The largest absolute Gasteiger partial charge is 0.367 e. The molecule has 6 nitrogen and oxygen atoms in total. The van der Waals surface area contributed by atoms with E-state index in [-0.39, 0.29) is 29.6 Å². The van der Waals surface area contributed by atoms with Gasteiger partial charge >= 0.3 is 0 Å². The Bertz CT molecular complexity index is 683. The van der Waals surface area contributed by atoms with E-state index in [1.165, 1.54) is 0 Å². The van der Waals surface area contributed by atoms with Crippen molar-refractivity contribution in [2.75, 3.05) is 25.4 Å². The molecule has 2 unspecified atom stereocenters. The Kier molecular flexibility index (Phi) is 6.68. The van der Waals surface area contributed by atoms with Crippen molar-refractivity contribution in [2.24, 2.45) is 23.3 Å². The Labute approximate surface area is 171 Å². The minimum Gasteiger partial charge on any atom is -0.367 e. The first kappa shape index (κ1) is 21.1. The van der Waals surface area contributed by atoms with Crippen LogP contribution in [0, 0.1) is 11.8 Å². The van der Waals surface area contributed by atoms with Gasteiger partial charge in [-0.1, -0.05) is 44.2 Å². The van der Waals surface area contributed by atoms with Gasteiger partial charge in [0, 0.05) is 31.3 Å². The van der Waals surface area contributed by atoms with E-state index in [4.69, 9.17) is 11.5 Å². The number of benzene rings is 1. The number of primary amides is 1. The number of nitrogens with zero attached hydrogens (tertiary/aromatic N) is 1. The van der Waals surface area contributed by atoms with Crippen molar-refractivity contribution in [3.63, 3.8) is 0 Å². The molecule has 5 N–H and O–H groups in total. The summed E-state index contributed by atoms with van der Waals surface area (Å²) in [5.74, 6) is 0.973. The molecule has 3 rings (SSSR count). The van der Waals surface area contributed by atoms with Crippen LogP contribution < -0.4 is 16.8 Å². The van der Waals surface area contributed by atoms with Gasteiger partial charge in [-0.05, 0) is 30.2 Å². The zero-order chi connectivity index (χ0) is 20.3. The van der Waals surface area contributed by atoms with Gasteiger partial charge in [0.15, 0.2) is 4.87 Å². The van der Waals surface area contributed by atoms with Crippen molar-refractivity contribution >= 4 is 23.6 Å². The van der Waals surface area contributed by atoms with Gasteiger partial charge in [-0.15, -0.1) is 11.8 Å². The van der Waals surface area contributed by atoms with Crippen LogP contribution >= 0.6 is 11.8 Å². The van der Waals surface area contributed by atoms with Crippen molar-refractivity contribution in [1.82, 2.24) is 10.2 Å². The lowest BCUT2D eigenvalue weighted by Crippen LogP contribution is -2.57. The molecule has 0 radical (unpaired) electrons. The first-order valence-corrected chi connectivity index (χ1v) is 11.1. The summed E-state index contributed by atoms with van der Waals surface area (Å²) in [6, 6.07) is 9.73. The molecular weight excluding hydrogens is 372 g/mol. The number of rotatable bonds is 6. The van der Waals surface area contributed by atoms with Gasteiger partial charge in [0.05, 0.1) is 6.04 Å². The summed E-state index contributed by atoms with van der Waals surface area (Å²) in [5, 5.41) is 3.42. The zero-order valence-corrected chi connectivity index (χ0v) is 17.6. The predicted molar refractivity (Wildman–Crippen MR) is 114 cm³/mol. The third kappa shape index (κ3) is 4.07. The fraction of sp³-hybridized carbons (Fsp3) is 0.619. The Morgan fingerprint density at radius 2 is 1.86 bits per heavy atom. The number of thioether (sulfide) groups is 1. The molecular formula is C21H32N4O2S. The molecule has 1 aromatic carbocycles. The van der Waals surface area contributed by atoms with Gasteiger partial charge in [-0.25, -0.2) is 0 Å². The van der Waals surface area contributed by atoms with Crippen LogP contribution in [-0.4, -0.2) is 53.0 Å². The Morgan fingerprint density at radius 1 is 1.21 bits per heavy atom. The normalized spacial score (nSPS) is 25.6. The second-order valence-corrected chi connectivity index (χ2v) is 9.54. The fourth-order valence-electron chi connectivity index (χ4n) is 4.46. The maximum Gasteiger partial charge on any atom is 0.248 e. The average Bonchev–Trinajstić information content (AvgIpc) is 3.19. The molecule has 2 heterocycles. The molecule has 3 atom stereocenters. The third-order valence-corrected chi connectivity index (χ3v) is 7.57. The second kappa shape index (κ2) is 8.84. The summed E-state index contributed by atoms with van der Waals surface area (Å²) in [7, 11) is 0. The van der Waals surface area contributed by atoms with E-state index >= 15 is 0 Å². The highest BCUT2D eigenvalue weighted by Crippen LogP contribution is 2.47.